The average molecular weight is 1680 g/mol. The number of anilines is 15. The maximum Gasteiger partial charge on any atom is 0.0567 e. The summed E-state index contributed by atoms with van der Waals surface area (Å²) in [6.45, 7) is 0. The van der Waals surface area contributed by atoms with Gasteiger partial charge in [-0.1, -0.05) is 370 Å². The summed E-state index contributed by atoms with van der Waals surface area (Å²) in [6, 6.07) is 188. The predicted octanol–water partition coefficient (Wildman–Crippen LogP) is 34.9. The topological polar surface area (TPSA) is 19.4 Å². The third kappa shape index (κ3) is 17.7. The van der Waals surface area contributed by atoms with Crippen LogP contribution in [0.3, 0.4) is 0 Å². The normalized spacial score (nSPS) is 11.0. The molecule has 0 saturated carbocycles. The molecule has 22 rings (SSSR count). The second-order valence-corrected chi connectivity index (χ2v) is 33.0. The number of benzene rings is 22. The summed E-state index contributed by atoms with van der Waals surface area (Å²) in [4.78, 5) is 13.8. The molecule has 0 radical (unpaired) electrons. The van der Waals surface area contributed by atoms with Crippen molar-refractivity contribution in [3.05, 3.63) is 528 Å². The molecule has 0 heterocycles. The Bertz CT molecular complexity index is 7560. The van der Waals surface area contributed by atoms with Crippen molar-refractivity contribution in [1.82, 2.24) is 0 Å². The lowest BCUT2D eigenvalue weighted by Gasteiger charge is -2.27. The number of hydrogen-bond acceptors (Lipinski definition) is 6. The molecule has 0 aliphatic rings. The predicted molar refractivity (Wildman–Crippen MR) is 562 cm³/mol. The van der Waals surface area contributed by atoms with E-state index in [9.17, 15) is 0 Å². The number of fused-ring (bicyclic) bond motifs is 5. The van der Waals surface area contributed by atoms with Gasteiger partial charge in [0.2, 0.25) is 0 Å². The quantitative estimate of drug-likeness (QED) is 0.0704. The molecule has 131 heavy (non-hydrogen) atoms. The van der Waals surface area contributed by atoms with E-state index in [-0.39, 0.29) is 0 Å². The molecule has 0 amide bonds. The third-order valence-corrected chi connectivity index (χ3v) is 25.0. The number of hydrogen-bond donors (Lipinski definition) is 0. The first-order valence-electron chi connectivity index (χ1n) is 44.8. The maximum atomic E-state index is 2.35. The molecule has 0 N–H and O–H groups in total. The van der Waals surface area contributed by atoms with E-state index in [1.54, 1.807) is 0 Å². The lowest BCUT2D eigenvalue weighted by molar-refractivity contribution is 1.21. The molecule has 626 valence electrons. The Kier molecular flexibility index (Phi) is 23.9. The molecule has 6 nitrogen and oxygen atoms in total. The van der Waals surface area contributed by atoms with Crippen LogP contribution in [0.1, 0.15) is 0 Å². The van der Waals surface area contributed by atoms with Gasteiger partial charge in [0.1, 0.15) is 0 Å². The Labute approximate surface area is 767 Å². The third-order valence-electron chi connectivity index (χ3n) is 25.0. The minimum Gasteiger partial charge on any atom is -0.345 e. The summed E-state index contributed by atoms with van der Waals surface area (Å²) in [6.07, 6.45) is 0. The van der Waals surface area contributed by atoms with E-state index in [1.165, 1.54) is 132 Å². The van der Waals surface area contributed by atoms with E-state index in [0.717, 1.165) is 62.6 Å². The first kappa shape index (κ1) is 82.2. The van der Waals surface area contributed by atoms with Gasteiger partial charge in [0.05, 0.1) is 22.7 Å². The fraction of sp³-hybridized carbons (Fsp3) is 0.0240. The Balaban J connectivity index is 0.000000123. The van der Waals surface area contributed by atoms with Gasteiger partial charge in [0.25, 0.3) is 0 Å². The second kappa shape index (κ2) is 38.0. The summed E-state index contributed by atoms with van der Waals surface area (Å²) >= 11 is 0. The smallest absolute Gasteiger partial charge is 0.0567 e. The molecule has 0 aliphatic heterocycles. The molecule has 22 aromatic rings. The van der Waals surface area contributed by atoms with Crippen molar-refractivity contribution in [3.63, 3.8) is 0 Å². The molecule has 0 unspecified atom stereocenters. The van der Waals surface area contributed by atoms with Crippen LogP contribution >= 0.6 is 0 Å². The van der Waals surface area contributed by atoms with Gasteiger partial charge in [0, 0.05) is 111 Å². The molecule has 0 saturated heterocycles. The maximum absolute atomic E-state index is 2.35. The minimum atomic E-state index is 1.13. The molecular formula is C125H96N6. The highest BCUT2D eigenvalue weighted by molar-refractivity contribution is 6.13. The molecule has 0 spiro atoms. The molecule has 6 heteroatoms. The monoisotopic (exact) mass is 1680 g/mol. The Hall–Kier alpha value is -17.1. The van der Waals surface area contributed by atoms with Gasteiger partial charge in [-0.15, -0.1) is 0 Å². The lowest BCUT2D eigenvalue weighted by atomic mass is 9.99. The summed E-state index contributed by atoms with van der Waals surface area (Å²) in [7, 11) is 6.41. The fourth-order valence-corrected chi connectivity index (χ4v) is 18.1. The van der Waals surface area contributed by atoms with Crippen molar-refractivity contribution in [3.8, 4) is 55.6 Å². The van der Waals surface area contributed by atoms with Gasteiger partial charge in [-0.2, -0.15) is 0 Å². The SMILES string of the molecule is CN(c1ccc(-c2ccc(N(c3ccccc3)c3cccc4ccccc34)cc2)cc1)c1c2ccccc2cc2ccccc12.CN(c1ccc(-c2ccc(N(c3ccccc3)c3cccc4ccccc34)cc2)cc1)c1cccc(-c2ccccc2)c1.CN(c1ccc(-c2ccccc2)cc1)c1ccc(-c2ccc(N(c3ccccc3)c3cccc4ccccc34)cc2)cc1. The van der Waals surface area contributed by atoms with Crippen LogP contribution in [-0.2, 0) is 0 Å². The summed E-state index contributed by atoms with van der Waals surface area (Å²) in [5, 5.41) is 12.4. The van der Waals surface area contributed by atoms with Crippen LogP contribution in [0.4, 0.5) is 85.3 Å². The van der Waals surface area contributed by atoms with Crippen molar-refractivity contribution < 1.29 is 0 Å². The largest absolute Gasteiger partial charge is 0.345 e. The van der Waals surface area contributed by atoms with E-state index in [4.69, 9.17) is 0 Å². The Morgan fingerprint density at radius 3 is 0.634 bits per heavy atom. The van der Waals surface area contributed by atoms with Crippen LogP contribution < -0.4 is 29.4 Å². The molecule has 0 fully saturated rings. The standard InChI is InChI=1S/C43H32N2.2C41H32N2/c1-44(43-40-19-9-6-13-34(40)30-35-14-7-10-20-41(35)43)36-26-22-31(23-27-36)32-24-28-38(29-25-32)45(37-16-3-2-4-17-37)42-21-11-15-33-12-5-8-18-39(33)42;1-42(39-19-10-16-35(30-39)31-12-4-2-5-13-31)36-26-22-32(23-27-36)33-24-28-38(29-25-33)43(37-17-6-3-7-18-37)41-21-11-15-34-14-8-9-20-40(34)41;1-42(36-25-19-32(20-26-36)31-11-4-2-5-12-31)37-27-21-33(22-28-37)34-23-29-39(30-24-34)43(38-15-6-3-7-16-38)41-18-10-14-35-13-8-9-17-40(35)41/h2-30H,1H3;2*2-30H,1H3. The van der Waals surface area contributed by atoms with Gasteiger partial charge in [-0.05, 0) is 240 Å². The van der Waals surface area contributed by atoms with Crippen molar-refractivity contribution in [2.24, 2.45) is 0 Å². The van der Waals surface area contributed by atoms with Crippen LogP contribution in [0, 0.1) is 0 Å². The van der Waals surface area contributed by atoms with Gasteiger partial charge in [0.15, 0.2) is 0 Å². The van der Waals surface area contributed by atoms with Crippen molar-refractivity contribution in [2.75, 3.05) is 50.5 Å². The van der Waals surface area contributed by atoms with Crippen LogP contribution in [0.5, 0.6) is 0 Å². The van der Waals surface area contributed by atoms with Crippen LogP contribution in [-0.4, -0.2) is 21.1 Å². The Morgan fingerprint density at radius 1 is 0.122 bits per heavy atom. The van der Waals surface area contributed by atoms with E-state index >= 15 is 0 Å². The van der Waals surface area contributed by atoms with Gasteiger partial charge < -0.3 is 29.4 Å². The van der Waals surface area contributed by atoms with Crippen molar-refractivity contribution in [2.45, 2.75) is 0 Å². The number of rotatable bonds is 20. The number of para-hydroxylation sites is 3. The molecule has 22 aromatic carbocycles. The second-order valence-electron chi connectivity index (χ2n) is 33.0. The summed E-state index contributed by atoms with van der Waals surface area (Å²) in [5.74, 6) is 0. The summed E-state index contributed by atoms with van der Waals surface area (Å²) < 4.78 is 0. The first-order chi connectivity index (χ1) is 64.7. The zero-order chi connectivity index (χ0) is 88.2. The molecular weight excluding hydrogens is 1590 g/mol. The van der Waals surface area contributed by atoms with Crippen LogP contribution in [0.2, 0.25) is 0 Å². The summed E-state index contributed by atoms with van der Waals surface area (Å²) in [5.41, 5.74) is 29.3. The minimum absolute atomic E-state index is 1.13. The molecule has 0 atom stereocenters. The van der Waals surface area contributed by atoms with E-state index in [2.05, 4.69) is 578 Å². The fourth-order valence-electron chi connectivity index (χ4n) is 18.1. The number of nitrogens with zero attached hydrogens (tertiary/aromatic N) is 6. The lowest BCUT2D eigenvalue weighted by Crippen LogP contribution is -2.10. The van der Waals surface area contributed by atoms with Gasteiger partial charge in [-0.3, -0.25) is 0 Å². The van der Waals surface area contributed by atoms with E-state index in [0.29, 0.717) is 0 Å². The first-order valence-corrected chi connectivity index (χ1v) is 44.8. The van der Waals surface area contributed by atoms with Gasteiger partial charge in [-0.25, -0.2) is 0 Å². The van der Waals surface area contributed by atoms with Crippen molar-refractivity contribution in [1.29, 1.82) is 0 Å². The van der Waals surface area contributed by atoms with Gasteiger partial charge >= 0.3 is 0 Å². The highest BCUT2D eigenvalue weighted by Crippen LogP contribution is 2.46. The molecule has 0 aliphatic carbocycles. The van der Waals surface area contributed by atoms with E-state index in [1.807, 2.05) is 0 Å². The highest BCUT2D eigenvalue weighted by atomic mass is 15.2. The zero-order valence-corrected chi connectivity index (χ0v) is 73.4. The van der Waals surface area contributed by atoms with Crippen LogP contribution in [0.25, 0.3) is 109 Å². The molecule has 0 aromatic heterocycles. The van der Waals surface area contributed by atoms with E-state index < -0.39 is 0 Å². The van der Waals surface area contributed by atoms with Crippen molar-refractivity contribution >= 4 is 139 Å². The highest BCUT2D eigenvalue weighted by Gasteiger charge is 2.22. The molecule has 0 bridgehead atoms. The average Bonchev–Trinajstić information content (AvgIpc) is 0.729. The Morgan fingerprint density at radius 2 is 0.321 bits per heavy atom. The zero-order valence-electron chi connectivity index (χ0n) is 73.4. The van der Waals surface area contributed by atoms with Crippen LogP contribution in [0.15, 0.2) is 528 Å².